The molecule has 1 aromatic rings. The van der Waals surface area contributed by atoms with Gasteiger partial charge in [-0.1, -0.05) is 51.0 Å². The molecule has 0 bridgehead atoms. The largest absolute Gasteiger partial charge is 0.495 e. The lowest BCUT2D eigenvalue weighted by Gasteiger charge is -2.41. The molecule has 3 rings (SSSR count). The van der Waals surface area contributed by atoms with Crippen LogP contribution in [0, 0.1) is 5.41 Å². The third kappa shape index (κ3) is 3.74. The van der Waals surface area contributed by atoms with Gasteiger partial charge >= 0.3 is 7.12 Å². The second kappa shape index (κ2) is 7.29. The molecule has 26 heavy (non-hydrogen) atoms. The highest BCUT2D eigenvalue weighted by molar-refractivity contribution is 6.62. The first kappa shape index (κ1) is 19.9. The van der Waals surface area contributed by atoms with Crippen LogP contribution in [-0.4, -0.2) is 36.3 Å². The molecule has 0 saturated carbocycles. The van der Waals surface area contributed by atoms with Crippen LogP contribution in [0.3, 0.4) is 0 Å². The summed E-state index contributed by atoms with van der Waals surface area (Å²) in [6.45, 7) is 16.6. The Balaban J connectivity index is 1.72. The fourth-order valence-electron chi connectivity index (χ4n) is 4.26. The average molecular weight is 357 g/mol. The van der Waals surface area contributed by atoms with Crippen LogP contribution in [0.2, 0.25) is 0 Å². The normalized spacial score (nSPS) is 24.8. The predicted octanol–water partition coefficient (Wildman–Crippen LogP) is 4.39. The average Bonchev–Trinajstić information content (AvgIpc) is 2.84. The van der Waals surface area contributed by atoms with Crippen LogP contribution in [0.25, 0.3) is 0 Å². The number of hydrogen-bond donors (Lipinski definition) is 0. The van der Waals surface area contributed by atoms with Crippen LogP contribution in [0.15, 0.2) is 24.3 Å². The predicted molar refractivity (Wildman–Crippen MR) is 110 cm³/mol. The summed E-state index contributed by atoms with van der Waals surface area (Å²) in [4.78, 5) is 2.60. The van der Waals surface area contributed by atoms with Gasteiger partial charge in [-0.3, -0.25) is 4.90 Å². The van der Waals surface area contributed by atoms with Gasteiger partial charge in [0.05, 0.1) is 11.2 Å². The van der Waals surface area contributed by atoms with Crippen molar-refractivity contribution in [2.75, 3.05) is 13.1 Å². The maximum atomic E-state index is 6.31. The van der Waals surface area contributed by atoms with Crippen molar-refractivity contribution in [3.63, 3.8) is 0 Å². The van der Waals surface area contributed by atoms with E-state index in [1.807, 2.05) is 0 Å². The maximum absolute atomic E-state index is 6.31. The van der Waals surface area contributed by atoms with Crippen molar-refractivity contribution in [3.05, 3.63) is 29.8 Å². The first-order valence-corrected chi connectivity index (χ1v) is 10.4. The van der Waals surface area contributed by atoms with E-state index in [1.165, 1.54) is 49.8 Å². The van der Waals surface area contributed by atoms with Crippen molar-refractivity contribution < 1.29 is 9.31 Å². The fraction of sp³-hybridized carbons (Fsp3) is 0.727. The Labute approximate surface area is 160 Å². The minimum Gasteiger partial charge on any atom is -0.399 e. The molecule has 3 nitrogen and oxygen atoms in total. The van der Waals surface area contributed by atoms with E-state index >= 15 is 0 Å². The van der Waals surface area contributed by atoms with Crippen molar-refractivity contribution >= 4 is 12.6 Å². The lowest BCUT2D eigenvalue weighted by Crippen LogP contribution is -2.42. The molecular formula is C22H36BNO2. The second-order valence-electron chi connectivity index (χ2n) is 9.27. The summed E-state index contributed by atoms with van der Waals surface area (Å²) in [5, 5.41) is 0. The SMILES string of the molecule is CCC1(CC)CCN(Cc2ccccc2B2OC(C)(C)C(C)(C)O2)CC1. The van der Waals surface area contributed by atoms with Gasteiger partial charge in [0.2, 0.25) is 0 Å². The highest BCUT2D eigenvalue weighted by atomic mass is 16.7. The van der Waals surface area contributed by atoms with Crippen LogP contribution in [-0.2, 0) is 15.9 Å². The highest BCUT2D eigenvalue weighted by Crippen LogP contribution is 2.39. The van der Waals surface area contributed by atoms with Crippen molar-refractivity contribution in [1.29, 1.82) is 0 Å². The summed E-state index contributed by atoms with van der Waals surface area (Å²) in [7, 11) is -0.272. The van der Waals surface area contributed by atoms with E-state index in [2.05, 4.69) is 70.7 Å². The Morgan fingerprint density at radius 2 is 1.46 bits per heavy atom. The van der Waals surface area contributed by atoms with E-state index in [0.717, 1.165) is 6.54 Å². The zero-order valence-corrected chi connectivity index (χ0v) is 17.6. The summed E-state index contributed by atoms with van der Waals surface area (Å²) >= 11 is 0. The van der Waals surface area contributed by atoms with Gasteiger partial charge in [0.15, 0.2) is 0 Å². The standard InChI is InChI=1S/C22H36BNO2/c1-7-22(8-2)13-15-24(16-14-22)17-18-11-9-10-12-19(18)23-25-20(3,4)21(5,6)26-23/h9-12H,7-8,13-17H2,1-6H3. The molecule has 0 aliphatic carbocycles. The van der Waals surface area contributed by atoms with E-state index in [-0.39, 0.29) is 18.3 Å². The van der Waals surface area contributed by atoms with Crippen LogP contribution < -0.4 is 5.46 Å². The van der Waals surface area contributed by atoms with Crippen molar-refractivity contribution in [2.45, 2.75) is 85.0 Å². The Kier molecular flexibility index (Phi) is 5.59. The molecule has 144 valence electrons. The summed E-state index contributed by atoms with van der Waals surface area (Å²) in [5.74, 6) is 0. The molecule has 2 saturated heterocycles. The lowest BCUT2D eigenvalue weighted by atomic mass is 9.73. The number of piperidine rings is 1. The van der Waals surface area contributed by atoms with E-state index in [4.69, 9.17) is 9.31 Å². The molecule has 4 heteroatoms. The molecule has 0 unspecified atom stereocenters. The monoisotopic (exact) mass is 357 g/mol. The van der Waals surface area contributed by atoms with Gasteiger partial charge in [0, 0.05) is 6.54 Å². The number of rotatable bonds is 5. The number of likely N-dealkylation sites (tertiary alicyclic amines) is 1. The van der Waals surface area contributed by atoms with Gasteiger partial charge in [-0.15, -0.1) is 0 Å². The van der Waals surface area contributed by atoms with Gasteiger partial charge in [0.1, 0.15) is 0 Å². The van der Waals surface area contributed by atoms with Crippen molar-refractivity contribution in [2.24, 2.45) is 5.41 Å². The van der Waals surface area contributed by atoms with E-state index in [0.29, 0.717) is 5.41 Å². The molecule has 0 N–H and O–H groups in total. The number of hydrogen-bond acceptors (Lipinski definition) is 3. The first-order valence-electron chi connectivity index (χ1n) is 10.4. The van der Waals surface area contributed by atoms with Crippen LogP contribution in [0.1, 0.15) is 72.8 Å². The molecule has 2 heterocycles. The Bertz CT molecular complexity index is 598. The topological polar surface area (TPSA) is 21.7 Å². The second-order valence-corrected chi connectivity index (χ2v) is 9.27. The minimum atomic E-state index is -0.294. The molecule has 2 aliphatic rings. The fourth-order valence-corrected chi connectivity index (χ4v) is 4.26. The van der Waals surface area contributed by atoms with Crippen LogP contribution in [0.4, 0.5) is 0 Å². The summed E-state index contributed by atoms with van der Waals surface area (Å²) in [6.07, 6.45) is 5.25. The van der Waals surface area contributed by atoms with Gasteiger partial charge in [0.25, 0.3) is 0 Å². The highest BCUT2D eigenvalue weighted by Gasteiger charge is 2.52. The molecule has 0 amide bonds. The zero-order valence-electron chi connectivity index (χ0n) is 17.6. The molecular weight excluding hydrogens is 321 g/mol. The Morgan fingerprint density at radius 3 is 2.00 bits per heavy atom. The third-order valence-corrected chi connectivity index (χ3v) is 7.37. The van der Waals surface area contributed by atoms with Gasteiger partial charge in [-0.2, -0.15) is 0 Å². The van der Waals surface area contributed by atoms with Crippen LogP contribution in [0.5, 0.6) is 0 Å². The van der Waals surface area contributed by atoms with Gasteiger partial charge < -0.3 is 9.31 Å². The third-order valence-electron chi connectivity index (χ3n) is 7.37. The van der Waals surface area contributed by atoms with E-state index in [1.54, 1.807) is 0 Å². The lowest BCUT2D eigenvalue weighted by molar-refractivity contribution is 0.00578. The molecule has 2 fully saturated rings. The molecule has 2 aliphatic heterocycles. The molecule has 0 aromatic heterocycles. The maximum Gasteiger partial charge on any atom is 0.495 e. The van der Waals surface area contributed by atoms with Crippen molar-refractivity contribution in [1.82, 2.24) is 4.90 Å². The summed E-state index contributed by atoms with van der Waals surface area (Å²) in [6, 6.07) is 8.64. The smallest absolute Gasteiger partial charge is 0.399 e. The number of benzene rings is 1. The molecule has 0 spiro atoms. The van der Waals surface area contributed by atoms with Gasteiger partial charge in [-0.25, -0.2) is 0 Å². The summed E-state index contributed by atoms with van der Waals surface area (Å²) in [5.41, 5.74) is 2.51. The van der Waals surface area contributed by atoms with E-state index in [9.17, 15) is 0 Å². The molecule has 1 aromatic carbocycles. The van der Waals surface area contributed by atoms with E-state index < -0.39 is 0 Å². The van der Waals surface area contributed by atoms with Crippen LogP contribution >= 0.6 is 0 Å². The summed E-state index contributed by atoms with van der Waals surface area (Å²) < 4.78 is 12.6. The Morgan fingerprint density at radius 1 is 0.923 bits per heavy atom. The molecule has 0 atom stereocenters. The minimum absolute atomic E-state index is 0.272. The zero-order chi connectivity index (χ0) is 19.0. The molecule has 0 radical (unpaired) electrons. The Hall–Kier alpha value is -0.835. The quantitative estimate of drug-likeness (QED) is 0.730. The number of nitrogens with zero attached hydrogens (tertiary/aromatic N) is 1. The van der Waals surface area contributed by atoms with Crippen molar-refractivity contribution in [3.8, 4) is 0 Å². The van der Waals surface area contributed by atoms with Gasteiger partial charge in [-0.05, 0) is 70.1 Å². The first-order chi connectivity index (χ1) is 12.2.